The summed E-state index contributed by atoms with van der Waals surface area (Å²) in [6, 6.07) is 10.2. The molecule has 0 unspecified atom stereocenters. The second kappa shape index (κ2) is 10.4. The van der Waals surface area contributed by atoms with Crippen molar-refractivity contribution in [3.05, 3.63) is 59.4 Å². The monoisotopic (exact) mass is 387 g/mol. The molecule has 2 rings (SSSR count). The first-order chi connectivity index (χ1) is 13.5. The summed E-state index contributed by atoms with van der Waals surface area (Å²) in [6.07, 6.45) is 0. The van der Waals surface area contributed by atoms with E-state index in [0.717, 1.165) is 25.7 Å². The second-order valence-corrected chi connectivity index (χ2v) is 6.16. The van der Waals surface area contributed by atoms with Crippen LogP contribution >= 0.6 is 0 Å². The van der Waals surface area contributed by atoms with Crippen molar-refractivity contribution >= 4 is 17.5 Å². The maximum Gasteiger partial charge on any atom is 0.255 e. The van der Waals surface area contributed by atoms with Gasteiger partial charge in [-0.1, -0.05) is 19.9 Å². The zero-order valence-corrected chi connectivity index (χ0v) is 16.4. The number of ether oxygens (including phenoxy) is 1. The summed E-state index contributed by atoms with van der Waals surface area (Å²) < 4.78 is 18.6. The molecule has 0 saturated heterocycles. The van der Waals surface area contributed by atoms with Gasteiger partial charge in [-0.05, 0) is 43.4 Å². The molecule has 0 saturated carbocycles. The predicted molar refractivity (Wildman–Crippen MR) is 107 cm³/mol. The largest absolute Gasteiger partial charge is 0.496 e. The summed E-state index contributed by atoms with van der Waals surface area (Å²) in [4.78, 5) is 26.9. The van der Waals surface area contributed by atoms with E-state index in [9.17, 15) is 14.0 Å². The van der Waals surface area contributed by atoms with Gasteiger partial charge < -0.3 is 20.3 Å². The fourth-order valence-electron chi connectivity index (χ4n) is 2.75. The lowest BCUT2D eigenvalue weighted by molar-refractivity contribution is 0.0945. The minimum absolute atomic E-state index is 0.206. The molecule has 0 spiro atoms. The molecule has 0 bridgehead atoms. The third-order valence-electron chi connectivity index (χ3n) is 4.40. The Morgan fingerprint density at radius 3 is 2.46 bits per heavy atom. The molecule has 150 valence electrons. The minimum Gasteiger partial charge on any atom is -0.496 e. The molecule has 0 heterocycles. The van der Waals surface area contributed by atoms with E-state index in [-0.39, 0.29) is 11.5 Å². The van der Waals surface area contributed by atoms with Crippen molar-refractivity contribution in [2.24, 2.45) is 0 Å². The predicted octanol–water partition coefficient (Wildman–Crippen LogP) is 3.16. The number of halogens is 1. The topological polar surface area (TPSA) is 70.7 Å². The average Bonchev–Trinajstić information content (AvgIpc) is 2.71. The third-order valence-corrected chi connectivity index (χ3v) is 4.40. The number of nitrogens with zero attached hydrogens (tertiary/aromatic N) is 1. The van der Waals surface area contributed by atoms with Gasteiger partial charge in [0.05, 0.1) is 12.7 Å². The highest BCUT2D eigenvalue weighted by Crippen LogP contribution is 2.23. The van der Waals surface area contributed by atoms with Crippen molar-refractivity contribution in [2.45, 2.75) is 13.8 Å². The molecule has 0 aliphatic heterocycles. The molecule has 0 radical (unpaired) electrons. The Labute approximate surface area is 164 Å². The van der Waals surface area contributed by atoms with Crippen LogP contribution in [-0.4, -0.2) is 50.0 Å². The Morgan fingerprint density at radius 2 is 1.82 bits per heavy atom. The molecular weight excluding hydrogens is 361 g/mol. The van der Waals surface area contributed by atoms with Crippen LogP contribution in [-0.2, 0) is 0 Å². The molecule has 0 fully saturated rings. The Balaban J connectivity index is 2.04. The van der Waals surface area contributed by atoms with E-state index in [1.165, 1.54) is 25.3 Å². The van der Waals surface area contributed by atoms with Crippen molar-refractivity contribution in [3.8, 4) is 5.75 Å². The van der Waals surface area contributed by atoms with Crippen LogP contribution in [0.25, 0.3) is 0 Å². The fourth-order valence-corrected chi connectivity index (χ4v) is 2.75. The van der Waals surface area contributed by atoms with Gasteiger partial charge in [-0.25, -0.2) is 4.39 Å². The second-order valence-electron chi connectivity index (χ2n) is 6.16. The molecule has 28 heavy (non-hydrogen) atoms. The van der Waals surface area contributed by atoms with Gasteiger partial charge in [0.2, 0.25) is 0 Å². The molecule has 2 N–H and O–H groups in total. The molecule has 0 aliphatic rings. The smallest absolute Gasteiger partial charge is 0.255 e. The number of benzene rings is 2. The van der Waals surface area contributed by atoms with Crippen LogP contribution in [0.5, 0.6) is 5.75 Å². The van der Waals surface area contributed by atoms with Crippen molar-refractivity contribution in [1.29, 1.82) is 0 Å². The normalized spacial score (nSPS) is 10.6. The lowest BCUT2D eigenvalue weighted by atomic mass is 10.1. The number of methoxy groups -OCH3 is 1. The maximum absolute atomic E-state index is 13.3. The van der Waals surface area contributed by atoms with E-state index in [1.807, 2.05) is 0 Å². The Morgan fingerprint density at radius 1 is 1.07 bits per heavy atom. The summed E-state index contributed by atoms with van der Waals surface area (Å²) in [6.45, 7) is 7.30. The Bertz CT molecular complexity index is 822. The quantitative estimate of drug-likeness (QED) is 0.693. The van der Waals surface area contributed by atoms with Gasteiger partial charge >= 0.3 is 0 Å². The first kappa shape index (κ1) is 21.4. The van der Waals surface area contributed by atoms with E-state index >= 15 is 0 Å². The van der Waals surface area contributed by atoms with Gasteiger partial charge in [0, 0.05) is 30.4 Å². The van der Waals surface area contributed by atoms with E-state index in [0.29, 0.717) is 23.5 Å². The van der Waals surface area contributed by atoms with Crippen LogP contribution in [0.4, 0.5) is 10.1 Å². The summed E-state index contributed by atoms with van der Waals surface area (Å²) in [5.41, 5.74) is 1.04. The Kier molecular flexibility index (Phi) is 7.95. The van der Waals surface area contributed by atoms with E-state index in [4.69, 9.17) is 4.74 Å². The summed E-state index contributed by atoms with van der Waals surface area (Å²) in [5.74, 6) is -0.829. The van der Waals surface area contributed by atoms with Crippen LogP contribution < -0.4 is 15.4 Å². The van der Waals surface area contributed by atoms with Gasteiger partial charge in [0.25, 0.3) is 11.8 Å². The number of anilines is 1. The summed E-state index contributed by atoms with van der Waals surface area (Å²) >= 11 is 0. The van der Waals surface area contributed by atoms with Gasteiger partial charge in [0.1, 0.15) is 11.6 Å². The lowest BCUT2D eigenvalue weighted by Crippen LogP contribution is -2.34. The van der Waals surface area contributed by atoms with Gasteiger partial charge in [-0.3, -0.25) is 9.59 Å². The number of amides is 2. The first-order valence-electron chi connectivity index (χ1n) is 9.24. The Hall–Kier alpha value is -2.93. The van der Waals surface area contributed by atoms with E-state index < -0.39 is 11.7 Å². The van der Waals surface area contributed by atoms with Gasteiger partial charge in [0.15, 0.2) is 0 Å². The number of likely N-dealkylation sites (N-methyl/N-ethyl adjacent to an activating group) is 1. The van der Waals surface area contributed by atoms with Crippen LogP contribution in [0.1, 0.15) is 34.6 Å². The number of hydrogen-bond donors (Lipinski definition) is 2. The highest BCUT2D eigenvalue weighted by atomic mass is 19.1. The SMILES string of the molecule is CCN(CC)CCNC(=O)c1ccc(NC(=O)c2cccc(F)c2)cc1OC. The molecule has 6 nitrogen and oxygen atoms in total. The molecule has 2 aromatic rings. The highest BCUT2D eigenvalue weighted by Gasteiger charge is 2.14. The zero-order chi connectivity index (χ0) is 20.5. The van der Waals surface area contributed by atoms with E-state index in [1.54, 1.807) is 18.2 Å². The van der Waals surface area contributed by atoms with Crippen LogP contribution in [0.2, 0.25) is 0 Å². The minimum atomic E-state index is -0.484. The molecule has 7 heteroatoms. The maximum atomic E-state index is 13.3. The molecule has 0 atom stereocenters. The number of carbonyl (C=O) groups is 2. The number of hydrogen-bond acceptors (Lipinski definition) is 4. The van der Waals surface area contributed by atoms with Gasteiger partial charge in [-0.2, -0.15) is 0 Å². The molecule has 0 aliphatic carbocycles. The van der Waals surface area contributed by atoms with E-state index in [2.05, 4.69) is 29.4 Å². The third kappa shape index (κ3) is 5.79. The van der Waals surface area contributed by atoms with Gasteiger partial charge in [-0.15, -0.1) is 0 Å². The van der Waals surface area contributed by atoms with Crippen molar-refractivity contribution in [3.63, 3.8) is 0 Å². The van der Waals surface area contributed by atoms with Crippen LogP contribution in [0, 0.1) is 5.82 Å². The fraction of sp³-hybridized carbons (Fsp3) is 0.333. The number of nitrogens with one attached hydrogen (secondary N) is 2. The van der Waals surface area contributed by atoms with Crippen LogP contribution in [0.3, 0.4) is 0 Å². The van der Waals surface area contributed by atoms with Crippen molar-refractivity contribution < 1.29 is 18.7 Å². The summed E-state index contributed by atoms with van der Waals surface area (Å²) in [7, 11) is 1.46. The standard InChI is InChI=1S/C21H26FN3O3/c1-4-25(5-2)12-11-23-21(27)18-10-9-17(14-19(18)28-3)24-20(26)15-7-6-8-16(22)13-15/h6-10,13-14H,4-5,11-12H2,1-3H3,(H,23,27)(H,24,26). The average molecular weight is 387 g/mol. The lowest BCUT2D eigenvalue weighted by Gasteiger charge is -2.18. The van der Waals surface area contributed by atoms with Crippen molar-refractivity contribution in [2.75, 3.05) is 38.6 Å². The highest BCUT2D eigenvalue weighted by molar-refractivity contribution is 6.05. The zero-order valence-electron chi connectivity index (χ0n) is 16.4. The molecule has 2 aromatic carbocycles. The molecular formula is C21H26FN3O3. The molecule has 2 amide bonds. The summed E-state index contributed by atoms with van der Waals surface area (Å²) in [5, 5.41) is 5.55. The molecule has 0 aromatic heterocycles. The number of rotatable bonds is 9. The number of carbonyl (C=O) groups excluding carboxylic acids is 2. The van der Waals surface area contributed by atoms with Crippen LogP contribution in [0.15, 0.2) is 42.5 Å². The first-order valence-corrected chi connectivity index (χ1v) is 9.24. The van der Waals surface area contributed by atoms with Crippen molar-refractivity contribution in [1.82, 2.24) is 10.2 Å².